The van der Waals surface area contributed by atoms with Gasteiger partial charge in [0.2, 0.25) is 0 Å². The molecule has 5 heteroatoms. The highest BCUT2D eigenvalue weighted by atomic mass is 35.5. The minimum atomic E-state index is -0.285. The fourth-order valence-corrected chi connectivity index (χ4v) is 1.86. The van der Waals surface area contributed by atoms with E-state index in [9.17, 15) is 4.79 Å². The predicted octanol–water partition coefficient (Wildman–Crippen LogP) is 3.89. The van der Waals surface area contributed by atoms with Crippen LogP contribution in [0.25, 0.3) is 0 Å². The van der Waals surface area contributed by atoms with E-state index in [2.05, 4.69) is 10.5 Å². The van der Waals surface area contributed by atoms with E-state index in [0.717, 1.165) is 11.3 Å². The summed E-state index contributed by atoms with van der Waals surface area (Å²) >= 11 is 5.77. The maximum absolute atomic E-state index is 11.8. The fraction of sp³-hybridized carbons (Fsp3) is 0.176. The van der Waals surface area contributed by atoms with Gasteiger partial charge in [0.25, 0.3) is 5.91 Å². The van der Waals surface area contributed by atoms with Crippen molar-refractivity contribution in [2.75, 3.05) is 0 Å². The van der Waals surface area contributed by atoms with Crippen molar-refractivity contribution in [3.63, 3.8) is 0 Å². The summed E-state index contributed by atoms with van der Waals surface area (Å²) in [5, 5.41) is 4.52. The van der Waals surface area contributed by atoms with Crippen LogP contribution >= 0.6 is 11.6 Å². The van der Waals surface area contributed by atoms with Crippen molar-refractivity contribution in [1.29, 1.82) is 0 Å². The van der Waals surface area contributed by atoms with E-state index >= 15 is 0 Å². The molecule has 0 unspecified atom stereocenters. The molecule has 114 valence electrons. The van der Waals surface area contributed by atoms with Crippen molar-refractivity contribution >= 4 is 23.7 Å². The van der Waals surface area contributed by atoms with Crippen molar-refractivity contribution in [1.82, 2.24) is 5.43 Å². The minimum absolute atomic E-state index is 0.137. The molecule has 0 atom stereocenters. The van der Waals surface area contributed by atoms with E-state index in [-0.39, 0.29) is 12.0 Å². The van der Waals surface area contributed by atoms with Crippen LogP contribution in [-0.4, -0.2) is 18.2 Å². The van der Waals surface area contributed by atoms with E-state index in [4.69, 9.17) is 16.3 Å². The lowest BCUT2D eigenvalue weighted by atomic mass is 10.2. The van der Waals surface area contributed by atoms with E-state index in [1.165, 1.54) is 0 Å². The molecule has 0 spiro atoms. The van der Waals surface area contributed by atoms with Gasteiger partial charge in [-0.25, -0.2) is 5.43 Å². The number of rotatable bonds is 5. The zero-order valence-corrected chi connectivity index (χ0v) is 13.2. The Balaban J connectivity index is 1.91. The van der Waals surface area contributed by atoms with Crippen LogP contribution in [0.4, 0.5) is 0 Å². The molecule has 0 fully saturated rings. The summed E-state index contributed by atoms with van der Waals surface area (Å²) < 4.78 is 5.55. The van der Waals surface area contributed by atoms with E-state index < -0.39 is 0 Å². The zero-order chi connectivity index (χ0) is 15.9. The van der Waals surface area contributed by atoms with Crippen LogP contribution in [0.1, 0.15) is 29.8 Å². The van der Waals surface area contributed by atoms with Gasteiger partial charge in [-0.3, -0.25) is 4.79 Å². The molecule has 0 aromatic heterocycles. The fourth-order valence-electron chi connectivity index (χ4n) is 1.74. The second-order valence-electron chi connectivity index (χ2n) is 4.94. The molecule has 2 aromatic carbocycles. The molecule has 0 aliphatic carbocycles. The Kier molecular flexibility index (Phi) is 5.55. The first-order chi connectivity index (χ1) is 10.5. The molecule has 0 radical (unpaired) electrons. The number of halogens is 1. The van der Waals surface area contributed by atoms with E-state index in [1.54, 1.807) is 30.5 Å². The Bertz CT molecular complexity index is 649. The standard InChI is InChI=1S/C17H17ClN2O2/c1-12(2)22-16-9-3-13(4-10-16)11-19-20-17(21)14-5-7-15(18)8-6-14/h3-12H,1-2H3,(H,20,21). The monoisotopic (exact) mass is 316 g/mol. The summed E-state index contributed by atoms with van der Waals surface area (Å²) in [4.78, 5) is 11.8. The van der Waals surface area contributed by atoms with Crippen LogP contribution in [0, 0.1) is 0 Å². The lowest BCUT2D eigenvalue weighted by molar-refractivity contribution is 0.0955. The van der Waals surface area contributed by atoms with Gasteiger partial charge in [-0.05, 0) is 67.9 Å². The van der Waals surface area contributed by atoms with E-state index in [0.29, 0.717) is 10.6 Å². The molecule has 0 saturated carbocycles. The highest BCUT2D eigenvalue weighted by Gasteiger charge is 2.03. The quantitative estimate of drug-likeness (QED) is 0.672. The molecule has 4 nitrogen and oxygen atoms in total. The van der Waals surface area contributed by atoms with Gasteiger partial charge < -0.3 is 4.74 Å². The number of ether oxygens (including phenoxy) is 1. The molecule has 22 heavy (non-hydrogen) atoms. The van der Waals surface area contributed by atoms with Crippen LogP contribution in [0.3, 0.4) is 0 Å². The second kappa shape index (κ2) is 7.61. The number of carbonyl (C=O) groups excluding carboxylic acids is 1. The number of hydrogen-bond donors (Lipinski definition) is 1. The molecule has 2 aromatic rings. The Morgan fingerprint density at radius 3 is 2.36 bits per heavy atom. The normalized spacial score (nSPS) is 10.9. The number of hydrazone groups is 1. The van der Waals surface area contributed by atoms with Gasteiger partial charge in [0.1, 0.15) is 5.75 Å². The van der Waals surface area contributed by atoms with Gasteiger partial charge in [0, 0.05) is 10.6 Å². The first-order valence-corrected chi connectivity index (χ1v) is 7.28. The predicted molar refractivity (Wildman–Crippen MR) is 88.7 cm³/mol. The third kappa shape index (κ3) is 4.90. The lowest BCUT2D eigenvalue weighted by Crippen LogP contribution is -2.17. The third-order valence-corrected chi connectivity index (χ3v) is 2.99. The van der Waals surface area contributed by atoms with Gasteiger partial charge in [0.15, 0.2) is 0 Å². The first kappa shape index (κ1) is 16.0. The summed E-state index contributed by atoms with van der Waals surface area (Å²) in [6.45, 7) is 3.95. The Labute approximate surface area is 134 Å². The van der Waals surface area contributed by atoms with Gasteiger partial charge in [0.05, 0.1) is 12.3 Å². The summed E-state index contributed by atoms with van der Waals surface area (Å²) in [6.07, 6.45) is 1.71. The Morgan fingerprint density at radius 2 is 1.77 bits per heavy atom. The molecule has 1 amide bonds. The van der Waals surface area contributed by atoms with Crippen LogP contribution in [-0.2, 0) is 0 Å². The number of amides is 1. The summed E-state index contributed by atoms with van der Waals surface area (Å²) in [7, 11) is 0. The van der Waals surface area contributed by atoms with Crippen LogP contribution in [0.2, 0.25) is 5.02 Å². The molecule has 2 rings (SSSR count). The Hall–Kier alpha value is -2.33. The van der Waals surface area contributed by atoms with Crippen LogP contribution in [0.5, 0.6) is 5.75 Å². The Morgan fingerprint density at radius 1 is 1.14 bits per heavy atom. The summed E-state index contributed by atoms with van der Waals surface area (Å²) in [6, 6.07) is 14.1. The smallest absolute Gasteiger partial charge is 0.271 e. The molecule has 0 saturated heterocycles. The van der Waals surface area contributed by atoms with Crippen molar-refractivity contribution in [2.24, 2.45) is 5.10 Å². The van der Waals surface area contributed by atoms with Crippen molar-refractivity contribution in [3.05, 3.63) is 64.7 Å². The van der Waals surface area contributed by atoms with Crippen molar-refractivity contribution in [2.45, 2.75) is 20.0 Å². The highest BCUT2D eigenvalue weighted by molar-refractivity contribution is 6.30. The molecule has 0 bridgehead atoms. The number of nitrogens with zero attached hydrogens (tertiary/aromatic N) is 1. The largest absolute Gasteiger partial charge is 0.491 e. The molecule has 0 aliphatic heterocycles. The van der Waals surface area contributed by atoms with Gasteiger partial charge in [-0.2, -0.15) is 5.10 Å². The van der Waals surface area contributed by atoms with Crippen molar-refractivity contribution < 1.29 is 9.53 Å². The molecule has 1 N–H and O–H groups in total. The molecular formula is C17H17ClN2O2. The van der Waals surface area contributed by atoms with Gasteiger partial charge >= 0.3 is 0 Å². The maximum Gasteiger partial charge on any atom is 0.271 e. The number of benzene rings is 2. The van der Waals surface area contributed by atoms with Gasteiger partial charge in [-0.1, -0.05) is 11.6 Å². The first-order valence-electron chi connectivity index (χ1n) is 6.90. The highest BCUT2D eigenvalue weighted by Crippen LogP contribution is 2.13. The number of nitrogens with one attached hydrogen (secondary N) is 1. The molecule has 0 aliphatic rings. The lowest BCUT2D eigenvalue weighted by Gasteiger charge is -2.09. The average Bonchev–Trinajstić information content (AvgIpc) is 2.49. The maximum atomic E-state index is 11.8. The average molecular weight is 317 g/mol. The van der Waals surface area contributed by atoms with Crippen LogP contribution < -0.4 is 10.2 Å². The zero-order valence-electron chi connectivity index (χ0n) is 12.4. The number of hydrogen-bond acceptors (Lipinski definition) is 3. The van der Waals surface area contributed by atoms with Crippen LogP contribution in [0.15, 0.2) is 53.6 Å². The SMILES string of the molecule is CC(C)Oc1ccc(C=NNC(=O)c2ccc(Cl)cc2)cc1. The number of carbonyl (C=O) groups is 1. The van der Waals surface area contributed by atoms with E-state index in [1.807, 2.05) is 38.1 Å². The summed E-state index contributed by atoms with van der Waals surface area (Å²) in [5.74, 6) is 0.519. The molecule has 0 heterocycles. The van der Waals surface area contributed by atoms with Crippen molar-refractivity contribution in [3.8, 4) is 5.75 Å². The topological polar surface area (TPSA) is 50.7 Å². The summed E-state index contributed by atoms with van der Waals surface area (Å²) in [5.41, 5.74) is 3.84. The second-order valence-corrected chi connectivity index (χ2v) is 5.38. The minimum Gasteiger partial charge on any atom is -0.491 e. The van der Waals surface area contributed by atoms with Gasteiger partial charge in [-0.15, -0.1) is 0 Å². The molecular weight excluding hydrogens is 300 g/mol. The third-order valence-electron chi connectivity index (χ3n) is 2.74.